The first-order chi connectivity index (χ1) is 10.6. The fraction of sp³-hybridized carbons (Fsp3) is 0.375. The van der Waals surface area contributed by atoms with Crippen molar-refractivity contribution in [3.63, 3.8) is 0 Å². The van der Waals surface area contributed by atoms with E-state index in [1.165, 1.54) is 0 Å². The third kappa shape index (κ3) is 4.33. The van der Waals surface area contributed by atoms with Gasteiger partial charge in [-0.1, -0.05) is 6.07 Å². The molecule has 0 bridgehead atoms. The Morgan fingerprint density at radius 3 is 2.82 bits per heavy atom. The highest BCUT2D eigenvalue weighted by Crippen LogP contribution is 2.16. The molecule has 0 saturated carbocycles. The number of aryl methyl sites for hydroxylation is 2. The Hall–Kier alpha value is -2.34. The van der Waals surface area contributed by atoms with Gasteiger partial charge in [0.1, 0.15) is 0 Å². The van der Waals surface area contributed by atoms with Gasteiger partial charge in [-0.05, 0) is 45.0 Å². The number of rotatable bonds is 6. The predicted molar refractivity (Wildman–Crippen MR) is 86.6 cm³/mol. The Morgan fingerprint density at radius 1 is 1.32 bits per heavy atom. The molecule has 0 fully saturated rings. The number of carbonyl (C=O) groups is 1. The summed E-state index contributed by atoms with van der Waals surface area (Å²) in [7, 11) is 0. The van der Waals surface area contributed by atoms with Crippen molar-refractivity contribution in [2.75, 3.05) is 25.1 Å². The highest BCUT2D eigenvalue weighted by atomic mass is 16.5. The van der Waals surface area contributed by atoms with E-state index in [0.29, 0.717) is 19.8 Å². The number of benzene rings is 1. The maximum Gasteiger partial charge on any atom is 0.319 e. The van der Waals surface area contributed by atoms with Crippen LogP contribution in [-0.4, -0.2) is 35.6 Å². The third-order valence-corrected chi connectivity index (χ3v) is 3.09. The zero-order valence-electron chi connectivity index (χ0n) is 13.2. The zero-order chi connectivity index (χ0) is 15.9. The van der Waals surface area contributed by atoms with E-state index in [4.69, 9.17) is 4.74 Å². The molecule has 6 nitrogen and oxygen atoms in total. The topological polar surface area (TPSA) is 68.2 Å². The zero-order valence-corrected chi connectivity index (χ0v) is 13.2. The number of hydrogen-bond acceptors (Lipinski definition) is 3. The van der Waals surface area contributed by atoms with E-state index in [-0.39, 0.29) is 6.03 Å². The number of urea groups is 1. The van der Waals surface area contributed by atoms with Crippen LogP contribution in [0, 0.1) is 13.8 Å². The Bertz CT molecular complexity index is 637. The van der Waals surface area contributed by atoms with Crippen LogP contribution in [0.5, 0.6) is 0 Å². The molecule has 1 heterocycles. The van der Waals surface area contributed by atoms with E-state index in [0.717, 1.165) is 22.8 Å². The van der Waals surface area contributed by atoms with Crippen molar-refractivity contribution in [2.45, 2.75) is 20.8 Å². The number of carbonyl (C=O) groups excluding carboxylic acids is 1. The Labute approximate surface area is 130 Å². The minimum Gasteiger partial charge on any atom is -0.380 e. The SMILES string of the molecule is CCOCCNC(=O)Nc1cccc(-n2nc(C)cc2C)c1. The Balaban J connectivity index is 2.00. The molecule has 0 unspecified atom stereocenters. The molecule has 0 atom stereocenters. The summed E-state index contributed by atoms with van der Waals surface area (Å²) < 4.78 is 7.03. The highest BCUT2D eigenvalue weighted by molar-refractivity contribution is 5.89. The van der Waals surface area contributed by atoms with E-state index in [2.05, 4.69) is 15.7 Å². The average molecular weight is 302 g/mol. The summed E-state index contributed by atoms with van der Waals surface area (Å²) in [6.07, 6.45) is 0. The normalized spacial score (nSPS) is 10.5. The van der Waals surface area contributed by atoms with E-state index in [9.17, 15) is 4.79 Å². The van der Waals surface area contributed by atoms with Crippen LogP contribution in [0.1, 0.15) is 18.3 Å². The van der Waals surface area contributed by atoms with Crippen LogP contribution in [-0.2, 0) is 4.74 Å². The molecule has 6 heteroatoms. The molecule has 0 aliphatic rings. The van der Waals surface area contributed by atoms with Crippen LogP contribution in [0.4, 0.5) is 10.5 Å². The highest BCUT2D eigenvalue weighted by Gasteiger charge is 2.06. The second kappa shape index (κ2) is 7.61. The molecule has 2 N–H and O–H groups in total. The summed E-state index contributed by atoms with van der Waals surface area (Å²) in [5, 5.41) is 9.99. The van der Waals surface area contributed by atoms with Crippen LogP contribution >= 0.6 is 0 Å². The molecule has 2 rings (SSSR count). The lowest BCUT2D eigenvalue weighted by atomic mass is 10.2. The molecule has 0 saturated heterocycles. The Kier molecular flexibility index (Phi) is 5.55. The molecule has 1 aromatic carbocycles. The first-order valence-corrected chi connectivity index (χ1v) is 7.36. The molecular weight excluding hydrogens is 280 g/mol. The number of hydrogen-bond donors (Lipinski definition) is 2. The van der Waals surface area contributed by atoms with E-state index < -0.39 is 0 Å². The van der Waals surface area contributed by atoms with E-state index in [1.807, 2.05) is 55.8 Å². The number of anilines is 1. The minimum atomic E-state index is -0.245. The fourth-order valence-corrected chi connectivity index (χ4v) is 2.16. The molecule has 22 heavy (non-hydrogen) atoms. The van der Waals surface area contributed by atoms with Crippen LogP contribution in [0.2, 0.25) is 0 Å². The van der Waals surface area contributed by atoms with Crippen molar-refractivity contribution < 1.29 is 9.53 Å². The summed E-state index contributed by atoms with van der Waals surface area (Å²) in [4.78, 5) is 11.8. The number of aromatic nitrogens is 2. The van der Waals surface area contributed by atoms with Gasteiger partial charge in [0, 0.05) is 24.5 Å². The number of amides is 2. The van der Waals surface area contributed by atoms with Gasteiger partial charge in [0.2, 0.25) is 0 Å². The van der Waals surface area contributed by atoms with Gasteiger partial charge in [-0.3, -0.25) is 0 Å². The molecule has 0 spiro atoms. The molecule has 2 amide bonds. The minimum absolute atomic E-state index is 0.245. The molecule has 2 aromatic rings. The van der Waals surface area contributed by atoms with Crippen LogP contribution in [0.25, 0.3) is 5.69 Å². The molecule has 1 aromatic heterocycles. The summed E-state index contributed by atoms with van der Waals surface area (Å²) in [6.45, 7) is 7.52. The molecule has 0 aliphatic carbocycles. The predicted octanol–water partition coefficient (Wildman–Crippen LogP) is 2.65. The monoisotopic (exact) mass is 302 g/mol. The van der Waals surface area contributed by atoms with Gasteiger partial charge in [0.05, 0.1) is 18.0 Å². The number of ether oxygens (including phenoxy) is 1. The third-order valence-electron chi connectivity index (χ3n) is 3.09. The summed E-state index contributed by atoms with van der Waals surface area (Å²) in [5.74, 6) is 0. The second-order valence-corrected chi connectivity index (χ2v) is 4.97. The second-order valence-electron chi connectivity index (χ2n) is 4.97. The number of nitrogens with zero attached hydrogens (tertiary/aromatic N) is 2. The van der Waals surface area contributed by atoms with Gasteiger partial charge in [0.15, 0.2) is 0 Å². The van der Waals surface area contributed by atoms with Gasteiger partial charge >= 0.3 is 6.03 Å². The van der Waals surface area contributed by atoms with Crippen molar-refractivity contribution >= 4 is 11.7 Å². The van der Waals surface area contributed by atoms with Crippen LogP contribution in [0.15, 0.2) is 30.3 Å². The summed E-state index contributed by atoms with van der Waals surface area (Å²) in [5.41, 5.74) is 3.65. The van der Waals surface area contributed by atoms with Crippen molar-refractivity contribution in [1.82, 2.24) is 15.1 Å². The maximum atomic E-state index is 11.8. The first-order valence-electron chi connectivity index (χ1n) is 7.36. The first kappa shape index (κ1) is 16.0. The van der Waals surface area contributed by atoms with Crippen molar-refractivity contribution in [3.05, 3.63) is 41.7 Å². The van der Waals surface area contributed by atoms with Gasteiger partial charge in [0.25, 0.3) is 0 Å². The largest absolute Gasteiger partial charge is 0.380 e. The molecular formula is C16H22N4O2. The molecule has 0 aliphatic heterocycles. The lowest BCUT2D eigenvalue weighted by molar-refractivity contribution is 0.150. The van der Waals surface area contributed by atoms with Crippen molar-refractivity contribution in [1.29, 1.82) is 0 Å². The summed E-state index contributed by atoms with van der Waals surface area (Å²) >= 11 is 0. The van der Waals surface area contributed by atoms with Crippen molar-refractivity contribution in [2.24, 2.45) is 0 Å². The van der Waals surface area contributed by atoms with E-state index >= 15 is 0 Å². The Morgan fingerprint density at radius 2 is 2.14 bits per heavy atom. The van der Waals surface area contributed by atoms with Crippen LogP contribution < -0.4 is 10.6 Å². The lowest BCUT2D eigenvalue weighted by Gasteiger charge is -2.10. The standard InChI is InChI=1S/C16H22N4O2/c1-4-22-9-8-17-16(21)18-14-6-5-7-15(11-14)20-13(3)10-12(2)19-20/h5-7,10-11H,4,8-9H2,1-3H3,(H2,17,18,21). The smallest absolute Gasteiger partial charge is 0.319 e. The van der Waals surface area contributed by atoms with Gasteiger partial charge in [-0.2, -0.15) is 5.10 Å². The fourth-order valence-electron chi connectivity index (χ4n) is 2.16. The lowest BCUT2D eigenvalue weighted by Crippen LogP contribution is -2.31. The van der Waals surface area contributed by atoms with Gasteiger partial charge in [-0.25, -0.2) is 9.48 Å². The number of nitrogens with one attached hydrogen (secondary N) is 2. The molecule has 0 radical (unpaired) electrons. The van der Waals surface area contributed by atoms with Gasteiger partial charge in [-0.15, -0.1) is 0 Å². The molecule has 118 valence electrons. The average Bonchev–Trinajstić information content (AvgIpc) is 2.83. The van der Waals surface area contributed by atoms with Crippen molar-refractivity contribution in [3.8, 4) is 5.69 Å². The van der Waals surface area contributed by atoms with Gasteiger partial charge < -0.3 is 15.4 Å². The maximum absolute atomic E-state index is 11.8. The van der Waals surface area contributed by atoms with Crippen LogP contribution in [0.3, 0.4) is 0 Å². The summed E-state index contributed by atoms with van der Waals surface area (Å²) in [6, 6.07) is 9.35. The van der Waals surface area contributed by atoms with E-state index in [1.54, 1.807) is 0 Å². The quantitative estimate of drug-likeness (QED) is 0.806.